The first-order chi connectivity index (χ1) is 9.16. The highest BCUT2D eigenvalue weighted by Gasteiger charge is 2.21. The number of hydrogen-bond acceptors (Lipinski definition) is 3. The molecule has 1 aromatic carbocycles. The number of rotatable bonds is 6. The van der Waals surface area contributed by atoms with Crippen molar-refractivity contribution in [3.8, 4) is 5.75 Å². The molecule has 0 saturated carbocycles. The Kier molecular flexibility index (Phi) is 4.18. The van der Waals surface area contributed by atoms with Gasteiger partial charge in [-0.3, -0.25) is 4.79 Å². The molecule has 19 heavy (non-hydrogen) atoms. The number of ether oxygens (including phenoxy) is 1. The third kappa shape index (κ3) is 3.58. The Morgan fingerprint density at radius 3 is 2.74 bits per heavy atom. The third-order valence-corrected chi connectivity index (χ3v) is 2.65. The van der Waals surface area contributed by atoms with Crippen molar-refractivity contribution >= 4 is 5.97 Å². The molecule has 0 saturated heterocycles. The van der Waals surface area contributed by atoms with Crippen molar-refractivity contribution in [3.63, 3.8) is 0 Å². The summed E-state index contributed by atoms with van der Waals surface area (Å²) in [5.74, 6) is -1.69. The second-order valence-electron chi connectivity index (χ2n) is 4.06. The van der Waals surface area contributed by atoms with E-state index in [1.165, 1.54) is 18.4 Å². The quantitative estimate of drug-likeness (QED) is 0.871. The second kappa shape index (κ2) is 6.04. The number of hydrogen-bond donors (Lipinski definition) is 1. The number of aliphatic carboxylic acids is 1. The fourth-order valence-corrected chi connectivity index (χ4v) is 1.64. The van der Waals surface area contributed by atoms with E-state index in [9.17, 15) is 9.18 Å². The van der Waals surface area contributed by atoms with E-state index in [1.54, 1.807) is 24.3 Å². The van der Waals surface area contributed by atoms with Crippen LogP contribution in [-0.4, -0.2) is 17.7 Å². The van der Waals surface area contributed by atoms with Crippen LogP contribution in [0.2, 0.25) is 0 Å². The van der Waals surface area contributed by atoms with Crippen LogP contribution in [0.1, 0.15) is 5.76 Å². The Hall–Kier alpha value is -2.30. The number of para-hydroxylation sites is 1. The topological polar surface area (TPSA) is 59.7 Å². The van der Waals surface area contributed by atoms with Crippen molar-refractivity contribution < 1.29 is 23.4 Å². The van der Waals surface area contributed by atoms with E-state index in [-0.39, 0.29) is 18.8 Å². The molecule has 0 aliphatic carbocycles. The van der Waals surface area contributed by atoms with Gasteiger partial charge >= 0.3 is 5.97 Å². The standard InChI is InChI=1S/C14H13FO4/c15-12-5-1-2-6-13(12)19-9-10(14(16)17)8-11-4-3-7-18-11/h1-7,10H,8-9H2,(H,16,17). The molecule has 0 bridgehead atoms. The van der Waals surface area contributed by atoms with Crippen LogP contribution in [0.3, 0.4) is 0 Å². The van der Waals surface area contributed by atoms with E-state index >= 15 is 0 Å². The average molecular weight is 264 g/mol. The van der Waals surface area contributed by atoms with Crippen molar-refractivity contribution in [1.82, 2.24) is 0 Å². The molecule has 1 atom stereocenters. The Bertz CT molecular complexity index is 536. The first-order valence-corrected chi connectivity index (χ1v) is 5.79. The number of furan rings is 1. The lowest BCUT2D eigenvalue weighted by molar-refractivity contribution is -0.142. The SMILES string of the molecule is O=C(O)C(COc1ccccc1F)Cc1ccco1. The summed E-state index contributed by atoms with van der Waals surface area (Å²) in [6.45, 7) is -0.114. The summed E-state index contributed by atoms with van der Waals surface area (Å²) in [5, 5.41) is 9.10. The van der Waals surface area contributed by atoms with Crippen molar-refractivity contribution in [2.45, 2.75) is 6.42 Å². The molecule has 0 fully saturated rings. The van der Waals surface area contributed by atoms with Crippen LogP contribution < -0.4 is 4.74 Å². The Morgan fingerprint density at radius 1 is 1.32 bits per heavy atom. The van der Waals surface area contributed by atoms with Gasteiger partial charge in [0.2, 0.25) is 0 Å². The van der Waals surface area contributed by atoms with Gasteiger partial charge in [0, 0.05) is 6.42 Å². The summed E-state index contributed by atoms with van der Waals surface area (Å²) in [7, 11) is 0. The molecule has 1 aromatic heterocycles. The third-order valence-electron chi connectivity index (χ3n) is 2.65. The molecule has 0 radical (unpaired) electrons. The molecule has 100 valence electrons. The van der Waals surface area contributed by atoms with Crippen molar-refractivity contribution in [1.29, 1.82) is 0 Å². The number of halogens is 1. The van der Waals surface area contributed by atoms with Crippen LogP contribution >= 0.6 is 0 Å². The van der Waals surface area contributed by atoms with Gasteiger partial charge in [-0.15, -0.1) is 0 Å². The minimum absolute atomic E-state index is 0.0493. The summed E-state index contributed by atoms with van der Waals surface area (Å²) in [5.41, 5.74) is 0. The lowest BCUT2D eigenvalue weighted by Gasteiger charge is -2.13. The van der Waals surface area contributed by atoms with Gasteiger partial charge in [0.25, 0.3) is 0 Å². The predicted octanol–water partition coefficient (Wildman–Crippen LogP) is 2.74. The lowest BCUT2D eigenvalue weighted by Crippen LogP contribution is -2.23. The fraction of sp³-hybridized carbons (Fsp3) is 0.214. The Labute approximate surface area is 109 Å². The van der Waals surface area contributed by atoms with E-state index in [4.69, 9.17) is 14.3 Å². The molecule has 0 aliphatic rings. The Morgan fingerprint density at radius 2 is 2.11 bits per heavy atom. The zero-order valence-electron chi connectivity index (χ0n) is 10.1. The monoisotopic (exact) mass is 264 g/mol. The summed E-state index contributed by atoms with van der Waals surface area (Å²) >= 11 is 0. The number of carboxylic acids is 1. The number of benzene rings is 1. The van der Waals surface area contributed by atoms with Gasteiger partial charge in [0.05, 0.1) is 12.2 Å². The van der Waals surface area contributed by atoms with Gasteiger partial charge in [-0.2, -0.15) is 0 Å². The predicted molar refractivity (Wildman–Crippen MR) is 65.4 cm³/mol. The smallest absolute Gasteiger partial charge is 0.310 e. The normalized spacial score (nSPS) is 12.1. The molecule has 5 heteroatoms. The summed E-state index contributed by atoms with van der Waals surface area (Å²) < 4.78 is 23.6. The van der Waals surface area contributed by atoms with E-state index in [0.717, 1.165) is 0 Å². The van der Waals surface area contributed by atoms with E-state index in [0.29, 0.717) is 5.76 Å². The highest BCUT2D eigenvalue weighted by Crippen LogP contribution is 2.18. The number of carboxylic acid groups (broad SMARTS) is 1. The van der Waals surface area contributed by atoms with E-state index in [2.05, 4.69) is 0 Å². The molecular weight excluding hydrogens is 251 g/mol. The maximum absolute atomic E-state index is 13.3. The average Bonchev–Trinajstić information content (AvgIpc) is 2.88. The van der Waals surface area contributed by atoms with Crippen molar-refractivity contribution in [3.05, 3.63) is 54.2 Å². The van der Waals surface area contributed by atoms with Gasteiger partial charge in [0.15, 0.2) is 11.6 Å². The van der Waals surface area contributed by atoms with E-state index in [1.807, 2.05) is 0 Å². The molecular formula is C14H13FO4. The van der Waals surface area contributed by atoms with Crippen LogP contribution in [0.4, 0.5) is 4.39 Å². The van der Waals surface area contributed by atoms with Gasteiger partial charge in [0.1, 0.15) is 12.4 Å². The van der Waals surface area contributed by atoms with Gasteiger partial charge < -0.3 is 14.3 Å². The number of carbonyl (C=O) groups is 1. The van der Waals surface area contributed by atoms with Crippen LogP contribution in [0, 0.1) is 11.7 Å². The Balaban J connectivity index is 1.98. The van der Waals surface area contributed by atoms with Crippen molar-refractivity contribution in [2.24, 2.45) is 5.92 Å². The van der Waals surface area contributed by atoms with E-state index < -0.39 is 17.7 Å². The fourth-order valence-electron chi connectivity index (χ4n) is 1.64. The lowest BCUT2D eigenvalue weighted by atomic mass is 10.1. The maximum atomic E-state index is 13.3. The molecule has 0 spiro atoms. The van der Waals surface area contributed by atoms with Gasteiger partial charge in [-0.1, -0.05) is 12.1 Å². The first kappa shape index (κ1) is 13.1. The molecule has 2 rings (SSSR count). The van der Waals surface area contributed by atoms with Crippen LogP contribution in [0.25, 0.3) is 0 Å². The molecule has 4 nitrogen and oxygen atoms in total. The molecule has 1 heterocycles. The molecule has 2 aromatic rings. The largest absolute Gasteiger partial charge is 0.490 e. The van der Waals surface area contributed by atoms with Crippen LogP contribution in [0.5, 0.6) is 5.75 Å². The molecule has 1 N–H and O–H groups in total. The molecule has 0 amide bonds. The minimum atomic E-state index is -1.01. The van der Waals surface area contributed by atoms with Gasteiger partial charge in [-0.05, 0) is 24.3 Å². The zero-order chi connectivity index (χ0) is 13.7. The zero-order valence-corrected chi connectivity index (χ0v) is 10.1. The highest BCUT2D eigenvalue weighted by atomic mass is 19.1. The van der Waals surface area contributed by atoms with Crippen LogP contribution in [0.15, 0.2) is 47.1 Å². The molecule has 1 unspecified atom stereocenters. The van der Waals surface area contributed by atoms with Gasteiger partial charge in [-0.25, -0.2) is 4.39 Å². The summed E-state index contributed by atoms with van der Waals surface area (Å²) in [6.07, 6.45) is 1.68. The summed E-state index contributed by atoms with van der Waals surface area (Å²) in [6, 6.07) is 9.27. The highest BCUT2D eigenvalue weighted by molar-refractivity contribution is 5.70. The minimum Gasteiger partial charge on any atom is -0.490 e. The van der Waals surface area contributed by atoms with Crippen LogP contribution in [-0.2, 0) is 11.2 Å². The first-order valence-electron chi connectivity index (χ1n) is 5.79. The van der Waals surface area contributed by atoms with Crippen molar-refractivity contribution in [2.75, 3.05) is 6.61 Å². The maximum Gasteiger partial charge on any atom is 0.310 e. The molecule has 0 aliphatic heterocycles. The summed E-state index contributed by atoms with van der Waals surface area (Å²) in [4.78, 5) is 11.1. The second-order valence-corrected chi connectivity index (χ2v) is 4.06.